The first-order valence-electron chi connectivity index (χ1n) is 8.32. The summed E-state index contributed by atoms with van der Waals surface area (Å²) in [6.07, 6.45) is 0. The van der Waals surface area contributed by atoms with E-state index < -0.39 is 5.60 Å². The van der Waals surface area contributed by atoms with Gasteiger partial charge in [0, 0.05) is 12.0 Å². The molecule has 0 saturated heterocycles. The molecule has 1 atom stereocenters. The van der Waals surface area contributed by atoms with Crippen LogP contribution in [0.15, 0.2) is 26.3 Å². The minimum atomic E-state index is -0.970. The number of aliphatic imine (C=N–C) groups is 1. The van der Waals surface area contributed by atoms with Gasteiger partial charge in [0.05, 0.1) is 6.54 Å². The smallest absolute Gasteiger partial charge is 0.232 e. The van der Waals surface area contributed by atoms with Crippen molar-refractivity contribution in [3.8, 4) is 0 Å². The molecule has 0 bridgehead atoms. The van der Waals surface area contributed by atoms with Crippen LogP contribution in [0.4, 0.5) is 0 Å². The normalized spacial score (nSPS) is 15.0. The predicted octanol–water partition coefficient (Wildman–Crippen LogP) is 2.39. The molecular formula is C17H27N5O2S. The number of hydrogen-bond acceptors (Lipinski definition) is 6. The largest absolute Gasteiger partial charge is 0.384 e. The molecule has 0 amide bonds. The number of guanidine groups is 1. The summed E-state index contributed by atoms with van der Waals surface area (Å²) >= 11 is 1.56. The zero-order valence-corrected chi connectivity index (χ0v) is 16.3. The molecule has 3 N–H and O–H groups in total. The van der Waals surface area contributed by atoms with Crippen LogP contribution < -0.4 is 10.6 Å². The highest BCUT2D eigenvalue weighted by atomic mass is 32.1. The molecule has 0 aliphatic rings. The van der Waals surface area contributed by atoms with E-state index in [4.69, 9.17) is 4.52 Å². The Morgan fingerprint density at radius 1 is 1.32 bits per heavy atom. The van der Waals surface area contributed by atoms with Crippen LogP contribution in [-0.4, -0.2) is 34.3 Å². The Morgan fingerprint density at radius 3 is 2.64 bits per heavy atom. The van der Waals surface area contributed by atoms with E-state index in [9.17, 15) is 5.11 Å². The number of nitrogens with zero attached hydrogens (tertiary/aromatic N) is 3. The van der Waals surface area contributed by atoms with Crippen molar-refractivity contribution in [3.05, 3.63) is 34.1 Å². The average Bonchev–Trinajstić information content (AvgIpc) is 3.20. The van der Waals surface area contributed by atoms with E-state index in [1.165, 1.54) is 0 Å². The van der Waals surface area contributed by atoms with Crippen molar-refractivity contribution >= 4 is 17.3 Å². The molecule has 2 aromatic heterocycles. The number of hydrogen-bond donors (Lipinski definition) is 3. The number of aromatic nitrogens is 2. The molecule has 0 aliphatic heterocycles. The fraction of sp³-hybridized carbons (Fsp3) is 0.588. The fourth-order valence-electron chi connectivity index (χ4n) is 2.04. The van der Waals surface area contributed by atoms with Gasteiger partial charge in [-0.25, -0.2) is 4.99 Å². The lowest BCUT2D eigenvalue weighted by Crippen LogP contribution is -2.44. The van der Waals surface area contributed by atoms with E-state index in [-0.39, 0.29) is 5.41 Å². The molecule has 0 aliphatic carbocycles. The molecular weight excluding hydrogens is 338 g/mol. The molecule has 1 unspecified atom stereocenters. The quantitative estimate of drug-likeness (QED) is 0.537. The number of aliphatic hydroxyl groups is 1. The van der Waals surface area contributed by atoms with Crippen molar-refractivity contribution in [3.63, 3.8) is 0 Å². The lowest BCUT2D eigenvalue weighted by atomic mass is 9.97. The van der Waals surface area contributed by atoms with Gasteiger partial charge in [-0.05, 0) is 36.2 Å². The highest BCUT2D eigenvalue weighted by Crippen LogP contribution is 2.22. The molecule has 0 aromatic carbocycles. The van der Waals surface area contributed by atoms with Gasteiger partial charge in [-0.1, -0.05) is 25.9 Å². The van der Waals surface area contributed by atoms with Crippen LogP contribution in [-0.2, 0) is 17.6 Å². The third-order valence-electron chi connectivity index (χ3n) is 3.58. The SMILES string of the molecule is CCNC(=NCc1noc(C(C)(C)C)n1)NCC(C)(O)c1ccsc1. The Kier molecular flexibility index (Phi) is 6.18. The second-order valence-electron chi connectivity index (χ2n) is 7.10. The second-order valence-corrected chi connectivity index (χ2v) is 7.88. The first-order valence-corrected chi connectivity index (χ1v) is 9.27. The molecule has 0 fully saturated rings. The number of nitrogens with one attached hydrogen (secondary N) is 2. The van der Waals surface area contributed by atoms with Crippen molar-refractivity contribution in [1.29, 1.82) is 0 Å². The maximum atomic E-state index is 10.6. The first-order chi connectivity index (χ1) is 11.7. The molecule has 2 aromatic rings. The van der Waals surface area contributed by atoms with E-state index in [1.54, 1.807) is 18.3 Å². The van der Waals surface area contributed by atoms with Crippen LogP contribution in [0.2, 0.25) is 0 Å². The van der Waals surface area contributed by atoms with E-state index in [0.717, 1.165) is 5.56 Å². The fourth-order valence-corrected chi connectivity index (χ4v) is 2.83. The van der Waals surface area contributed by atoms with Gasteiger partial charge < -0.3 is 20.3 Å². The molecule has 2 rings (SSSR count). The molecule has 7 nitrogen and oxygen atoms in total. The molecule has 0 radical (unpaired) electrons. The minimum Gasteiger partial charge on any atom is -0.384 e. The van der Waals surface area contributed by atoms with Crippen LogP contribution in [0.25, 0.3) is 0 Å². The van der Waals surface area contributed by atoms with Crippen LogP contribution >= 0.6 is 11.3 Å². The van der Waals surface area contributed by atoms with Gasteiger partial charge in [0.1, 0.15) is 12.1 Å². The van der Waals surface area contributed by atoms with E-state index in [1.807, 2.05) is 44.5 Å². The Morgan fingerprint density at radius 2 is 2.08 bits per heavy atom. The van der Waals surface area contributed by atoms with Crippen molar-refractivity contribution in [2.24, 2.45) is 4.99 Å². The average molecular weight is 366 g/mol. The summed E-state index contributed by atoms with van der Waals surface area (Å²) in [6, 6.07) is 1.92. The van der Waals surface area contributed by atoms with Gasteiger partial charge in [-0.2, -0.15) is 16.3 Å². The van der Waals surface area contributed by atoms with E-state index in [0.29, 0.717) is 37.3 Å². The summed E-state index contributed by atoms with van der Waals surface area (Å²) in [7, 11) is 0. The summed E-state index contributed by atoms with van der Waals surface area (Å²) < 4.78 is 5.27. The third-order valence-corrected chi connectivity index (χ3v) is 4.26. The monoisotopic (exact) mass is 365 g/mol. The van der Waals surface area contributed by atoms with Gasteiger partial charge >= 0.3 is 0 Å². The van der Waals surface area contributed by atoms with Gasteiger partial charge in [-0.3, -0.25) is 0 Å². The Balaban J connectivity index is 2.00. The zero-order valence-electron chi connectivity index (χ0n) is 15.5. The maximum Gasteiger partial charge on any atom is 0.232 e. The van der Waals surface area contributed by atoms with Crippen molar-refractivity contribution in [1.82, 2.24) is 20.8 Å². The third kappa shape index (κ3) is 5.54. The molecule has 8 heteroatoms. The van der Waals surface area contributed by atoms with Gasteiger partial charge in [0.15, 0.2) is 11.8 Å². The van der Waals surface area contributed by atoms with Gasteiger partial charge in [-0.15, -0.1) is 0 Å². The summed E-state index contributed by atoms with van der Waals surface area (Å²) in [5.74, 6) is 1.72. The molecule has 25 heavy (non-hydrogen) atoms. The van der Waals surface area contributed by atoms with E-state index in [2.05, 4.69) is 25.8 Å². The Labute approximate surface area is 152 Å². The van der Waals surface area contributed by atoms with Crippen LogP contribution in [0.1, 0.15) is 51.9 Å². The van der Waals surface area contributed by atoms with Gasteiger partial charge in [0.2, 0.25) is 5.89 Å². The number of thiophene rings is 1. The van der Waals surface area contributed by atoms with E-state index >= 15 is 0 Å². The van der Waals surface area contributed by atoms with Crippen molar-refractivity contribution < 1.29 is 9.63 Å². The highest BCUT2D eigenvalue weighted by Gasteiger charge is 2.24. The highest BCUT2D eigenvalue weighted by molar-refractivity contribution is 7.08. The second kappa shape index (κ2) is 7.97. The Hall–Kier alpha value is -1.93. The molecule has 0 saturated carbocycles. The van der Waals surface area contributed by atoms with Gasteiger partial charge in [0.25, 0.3) is 0 Å². The molecule has 2 heterocycles. The summed E-state index contributed by atoms with van der Waals surface area (Å²) in [5.41, 5.74) is -0.271. The molecule has 0 spiro atoms. The molecule has 138 valence electrons. The van der Waals surface area contributed by atoms with Crippen LogP contribution in [0.3, 0.4) is 0 Å². The lowest BCUT2D eigenvalue weighted by molar-refractivity contribution is 0.0621. The van der Waals surface area contributed by atoms with Crippen molar-refractivity contribution in [2.75, 3.05) is 13.1 Å². The summed E-state index contributed by atoms with van der Waals surface area (Å²) in [6.45, 7) is 11.2. The summed E-state index contributed by atoms with van der Waals surface area (Å²) in [4.78, 5) is 8.84. The maximum absolute atomic E-state index is 10.6. The van der Waals surface area contributed by atoms with Crippen LogP contribution in [0, 0.1) is 0 Å². The lowest BCUT2D eigenvalue weighted by Gasteiger charge is -2.24. The Bertz CT molecular complexity index is 686. The minimum absolute atomic E-state index is 0.184. The zero-order chi connectivity index (χ0) is 18.5. The van der Waals surface area contributed by atoms with Crippen LogP contribution in [0.5, 0.6) is 0 Å². The topological polar surface area (TPSA) is 95.6 Å². The summed E-state index contributed by atoms with van der Waals surface area (Å²) in [5, 5.41) is 24.8. The first kappa shape index (κ1) is 19.4. The standard InChI is InChI=1S/C17H27N5O2S/c1-6-18-15(20-11-17(5,23)12-7-8-25-10-12)19-9-13-21-14(24-22-13)16(2,3)4/h7-8,10,23H,6,9,11H2,1-5H3,(H2,18,19,20). The predicted molar refractivity (Wildman–Crippen MR) is 99.7 cm³/mol. The number of rotatable bonds is 6. The van der Waals surface area contributed by atoms with Crippen molar-refractivity contribution in [2.45, 2.75) is 52.2 Å².